The van der Waals surface area contributed by atoms with Crippen molar-refractivity contribution in [2.45, 2.75) is 6.17 Å². The maximum absolute atomic E-state index is 11.9. The van der Waals surface area contributed by atoms with Crippen LogP contribution in [0.1, 0.15) is 16.5 Å². The zero-order chi connectivity index (χ0) is 13.0. The number of rotatable bonds is 3. The highest BCUT2D eigenvalue weighted by atomic mass is 35.5. The molecular formula is C12H9ClN4O. The highest BCUT2D eigenvalue weighted by Crippen LogP contribution is 2.11. The number of hydrogen-bond donors (Lipinski definition) is 1. The number of benzene rings is 1. The summed E-state index contributed by atoms with van der Waals surface area (Å²) in [6, 6.07) is 10.1. The van der Waals surface area contributed by atoms with Gasteiger partial charge >= 0.3 is 0 Å². The van der Waals surface area contributed by atoms with Crippen LogP contribution in [0.2, 0.25) is 5.02 Å². The predicted octanol–water partition coefficient (Wildman–Crippen LogP) is 1.99. The minimum absolute atomic E-state index is 0.375. The van der Waals surface area contributed by atoms with E-state index in [2.05, 4.69) is 10.4 Å². The number of nitriles is 1. The van der Waals surface area contributed by atoms with Gasteiger partial charge in [-0.05, 0) is 24.3 Å². The van der Waals surface area contributed by atoms with Crippen LogP contribution in [-0.2, 0) is 0 Å². The molecule has 1 aromatic heterocycles. The normalized spacial score (nSPS) is 11.6. The average molecular weight is 261 g/mol. The molecule has 0 aliphatic carbocycles. The van der Waals surface area contributed by atoms with E-state index in [-0.39, 0.29) is 5.91 Å². The maximum Gasteiger partial charge on any atom is 0.253 e. The Hall–Kier alpha value is -2.32. The van der Waals surface area contributed by atoms with Crippen molar-refractivity contribution < 1.29 is 4.79 Å². The van der Waals surface area contributed by atoms with E-state index in [4.69, 9.17) is 16.9 Å². The SMILES string of the molecule is N#CC(NC(=O)c1cccc(Cl)c1)n1cccn1. The molecule has 1 unspecified atom stereocenters. The molecule has 1 atom stereocenters. The van der Waals surface area contributed by atoms with E-state index < -0.39 is 6.17 Å². The van der Waals surface area contributed by atoms with Crippen LogP contribution in [0.4, 0.5) is 0 Å². The second-order valence-corrected chi connectivity index (χ2v) is 3.94. The van der Waals surface area contributed by atoms with Gasteiger partial charge in [-0.15, -0.1) is 0 Å². The van der Waals surface area contributed by atoms with Gasteiger partial charge in [0.1, 0.15) is 6.07 Å². The maximum atomic E-state index is 11.9. The van der Waals surface area contributed by atoms with Crippen molar-refractivity contribution in [1.29, 1.82) is 5.26 Å². The molecule has 0 radical (unpaired) electrons. The van der Waals surface area contributed by atoms with Gasteiger partial charge in [0, 0.05) is 23.0 Å². The molecule has 0 spiro atoms. The van der Waals surface area contributed by atoms with Crippen molar-refractivity contribution in [1.82, 2.24) is 15.1 Å². The predicted molar refractivity (Wildman–Crippen MR) is 65.8 cm³/mol. The molecule has 0 bridgehead atoms. The minimum atomic E-state index is -0.841. The summed E-state index contributed by atoms with van der Waals surface area (Å²) in [6.45, 7) is 0. The zero-order valence-electron chi connectivity index (χ0n) is 9.25. The van der Waals surface area contributed by atoms with E-state index in [9.17, 15) is 4.79 Å². The number of aromatic nitrogens is 2. The number of nitrogens with one attached hydrogen (secondary N) is 1. The van der Waals surface area contributed by atoms with Crippen molar-refractivity contribution in [3.63, 3.8) is 0 Å². The molecule has 5 nitrogen and oxygen atoms in total. The van der Waals surface area contributed by atoms with Crippen molar-refractivity contribution in [2.75, 3.05) is 0 Å². The van der Waals surface area contributed by atoms with Crippen molar-refractivity contribution in [2.24, 2.45) is 0 Å². The summed E-state index contributed by atoms with van der Waals surface area (Å²) in [6.07, 6.45) is 2.30. The first kappa shape index (κ1) is 12.1. The van der Waals surface area contributed by atoms with E-state index in [0.717, 1.165) is 0 Å². The van der Waals surface area contributed by atoms with Gasteiger partial charge in [0.05, 0.1) is 0 Å². The molecule has 6 heteroatoms. The lowest BCUT2D eigenvalue weighted by Gasteiger charge is -2.11. The summed E-state index contributed by atoms with van der Waals surface area (Å²) < 4.78 is 1.36. The van der Waals surface area contributed by atoms with Crippen molar-refractivity contribution in [3.05, 3.63) is 53.3 Å². The lowest BCUT2D eigenvalue weighted by Crippen LogP contribution is -2.31. The van der Waals surface area contributed by atoms with E-state index in [1.165, 1.54) is 16.9 Å². The van der Waals surface area contributed by atoms with E-state index >= 15 is 0 Å². The lowest BCUT2D eigenvalue weighted by atomic mass is 10.2. The van der Waals surface area contributed by atoms with Gasteiger partial charge in [0.2, 0.25) is 6.17 Å². The Balaban J connectivity index is 2.14. The number of hydrogen-bond acceptors (Lipinski definition) is 3. The van der Waals surface area contributed by atoms with Crippen LogP contribution in [0.25, 0.3) is 0 Å². The van der Waals surface area contributed by atoms with E-state index in [1.807, 2.05) is 6.07 Å². The molecule has 2 rings (SSSR count). The first-order chi connectivity index (χ1) is 8.70. The zero-order valence-corrected chi connectivity index (χ0v) is 10.0. The Morgan fingerprint density at radius 1 is 1.50 bits per heavy atom. The van der Waals surface area contributed by atoms with Gasteiger partial charge in [-0.25, -0.2) is 4.68 Å². The lowest BCUT2D eigenvalue weighted by molar-refractivity contribution is 0.0930. The molecule has 2 aromatic rings. The third-order valence-electron chi connectivity index (χ3n) is 2.27. The van der Waals surface area contributed by atoms with Gasteiger partial charge in [-0.2, -0.15) is 10.4 Å². The Labute approximate surface area is 109 Å². The molecule has 0 saturated carbocycles. The van der Waals surface area contributed by atoms with Gasteiger partial charge in [0.15, 0.2) is 0 Å². The summed E-state index contributed by atoms with van der Waals surface area (Å²) in [5.41, 5.74) is 0.398. The smallest absolute Gasteiger partial charge is 0.253 e. The number of halogens is 1. The second kappa shape index (κ2) is 5.34. The quantitative estimate of drug-likeness (QED) is 0.917. The molecule has 1 aromatic carbocycles. The number of carbonyl (C=O) groups excluding carboxylic acids is 1. The van der Waals surface area contributed by atoms with Gasteiger partial charge < -0.3 is 5.32 Å². The topological polar surface area (TPSA) is 70.7 Å². The molecule has 1 heterocycles. The first-order valence-electron chi connectivity index (χ1n) is 5.16. The van der Waals surface area contributed by atoms with Gasteiger partial charge in [-0.3, -0.25) is 4.79 Å². The largest absolute Gasteiger partial charge is 0.318 e. The van der Waals surface area contributed by atoms with Crippen molar-refractivity contribution >= 4 is 17.5 Å². The Bertz CT molecular complexity index is 588. The molecule has 0 aliphatic heterocycles. The first-order valence-corrected chi connectivity index (χ1v) is 5.53. The standard InChI is InChI=1S/C12H9ClN4O/c13-10-4-1-3-9(7-10)12(18)16-11(8-14)17-6-2-5-15-17/h1-7,11H,(H,16,18). The Kier molecular flexibility index (Phi) is 3.60. The van der Waals surface area contributed by atoms with Crippen LogP contribution in [0.3, 0.4) is 0 Å². The molecule has 0 saturated heterocycles. The Morgan fingerprint density at radius 2 is 2.33 bits per heavy atom. The summed E-state index contributed by atoms with van der Waals surface area (Å²) in [4.78, 5) is 11.9. The highest BCUT2D eigenvalue weighted by molar-refractivity contribution is 6.30. The third-order valence-corrected chi connectivity index (χ3v) is 2.50. The molecule has 0 fully saturated rings. The fourth-order valence-corrected chi connectivity index (χ4v) is 1.62. The monoisotopic (exact) mass is 260 g/mol. The fraction of sp³-hybridized carbons (Fsp3) is 0.0833. The Morgan fingerprint density at radius 3 is 2.94 bits per heavy atom. The van der Waals surface area contributed by atoms with Crippen molar-refractivity contribution in [3.8, 4) is 6.07 Å². The van der Waals surface area contributed by atoms with Crippen LogP contribution in [-0.4, -0.2) is 15.7 Å². The summed E-state index contributed by atoms with van der Waals surface area (Å²) in [5.74, 6) is -0.375. The van der Waals surface area contributed by atoms with Crippen LogP contribution >= 0.6 is 11.6 Å². The third kappa shape index (κ3) is 2.67. The molecule has 1 N–H and O–H groups in total. The summed E-state index contributed by atoms with van der Waals surface area (Å²) in [5, 5.41) is 15.9. The molecule has 1 amide bonds. The number of amides is 1. The van der Waals surface area contributed by atoms with Crippen LogP contribution in [0.5, 0.6) is 0 Å². The number of carbonyl (C=O) groups is 1. The second-order valence-electron chi connectivity index (χ2n) is 3.50. The summed E-state index contributed by atoms with van der Waals surface area (Å²) in [7, 11) is 0. The average Bonchev–Trinajstić information content (AvgIpc) is 2.89. The molecule has 18 heavy (non-hydrogen) atoms. The highest BCUT2D eigenvalue weighted by Gasteiger charge is 2.14. The number of nitrogens with zero attached hydrogens (tertiary/aromatic N) is 3. The fourth-order valence-electron chi connectivity index (χ4n) is 1.43. The minimum Gasteiger partial charge on any atom is -0.318 e. The molecular weight excluding hydrogens is 252 g/mol. The summed E-state index contributed by atoms with van der Waals surface area (Å²) >= 11 is 5.80. The van der Waals surface area contributed by atoms with E-state index in [1.54, 1.807) is 30.5 Å². The van der Waals surface area contributed by atoms with Crippen LogP contribution in [0.15, 0.2) is 42.7 Å². The van der Waals surface area contributed by atoms with Crippen LogP contribution < -0.4 is 5.32 Å². The molecule has 90 valence electrons. The molecule has 0 aliphatic rings. The van der Waals surface area contributed by atoms with Gasteiger partial charge in [-0.1, -0.05) is 17.7 Å². The van der Waals surface area contributed by atoms with E-state index in [0.29, 0.717) is 10.6 Å². The van der Waals surface area contributed by atoms with Gasteiger partial charge in [0.25, 0.3) is 5.91 Å². The van der Waals surface area contributed by atoms with Crippen LogP contribution in [0, 0.1) is 11.3 Å².